The van der Waals surface area contributed by atoms with E-state index >= 15 is 0 Å². The van der Waals surface area contributed by atoms with Crippen LogP contribution in [0.1, 0.15) is 24.1 Å². The summed E-state index contributed by atoms with van der Waals surface area (Å²) in [5.41, 5.74) is 4.17. The third-order valence-corrected chi connectivity index (χ3v) is 6.66. The molecule has 156 valence electrons. The van der Waals surface area contributed by atoms with Crippen molar-refractivity contribution in [1.29, 1.82) is 0 Å². The van der Waals surface area contributed by atoms with Crippen LogP contribution in [0.3, 0.4) is 0 Å². The van der Waals surface area contributed by atoms with Gasteiger partial charge in [-0.1, -0.05) is 0 Å². The summed E-state index contributed by atoms with van der Waals surface area (Å²) in [7, 11) is -3.76. The van der Waals surface area contributed by atoms with Crippen LogP contribution in [-0.4, -0.2) is 34.7 Å². The van der Waals surface area contributed by atoms with E-state index in [2.05, 4.69) is 9.71 Å². The van der Waals surface area contributed by atoms with Gasteiger partial charge in [0.05, 0.1) is 22.1 Å². The molecule has 2 heterocycles. The highest BCUT2D eigenvalue weighted by Crippen LogP contribution is 2.30. The van der Waals surface area contributed by atoms with Gasteiger partial charge in [0.2, 0.25) is 10.0 Å². The molecular weight excluding hydrogens is 406 g/mol. The van der Waals surface area contributed by atoms with E-state index in [9.17, 15) is 18.5 Å². The minimum atomic E-state index is -3.76. The summed E-state index contributed by atoms with van der Waals surface area (Å²) in [5.74, 6) is 0. The van der Waals surface area contributed by atoms with Gasteiger partial charge in [0, 0.05) is 47.9 Å². The van der Waals surface area contributed by atoms with E-state index in [1.54, 1.807) is 12.4 Å². The first-order valence-corrected chi connectivity index (χ1v) is 11.2. The van der Waals surface area contributed by atoms with Gasteiger partial charge in [-0.05, 0) is 49.9 Å². The molecule has 9 nitrogen and oxygen atoms in total. The second-order valence-electron chi connectivity index (χ2n) is 7.09. The Morgan fingerprint density at radius 1 is 1.07 bits per heavy atom. The molecule has 0 saturated heterocycles. The molecule has 1 N–H and O–H groups in total. The van der Waals surface area contributed by atoms with E-state index in [1.165, 1.54) is 29.8 Å². The van der Waals surface area contributed by atoms with E-state index in [0.717, 1.165) is 42.6 Å². The second-order valence-corrected chi connectivity index (χ2v) is 8.86. The molecule has 4 rings (SSSR count). The van der Waals surface area contributed by atoms with Crippen LogP contribution in [0.5, 0.6) is 0 Å². The quantitative estimate of drug-likeness (QED) is 0.457. The molecule has 1 aliphatic carbocycles. The van der Waals surface area contributed by atoms with Gasteiger partial charge in [0.25, 0.3) is 5.69 Å². The highest BCUT2D eigenvalue weighted by Gasteiger charge is 2.22. The monoisotopic (exact) mass is 427 g/mol. The minimum Gasteiger partial charge on any atom is -0.267 e. The van der Waals surface area contributed by atoms with Crippen LogP contribution in [0, 0.1) is 10.1 Å². The van der Waals surface area contributed by atoms with Crippen molar-refractivity contribution in [3.8, 4) is 11.3 Å². The van der Waals surface area contributed by atoms with Crippen molar-refractivity contribution in [1.82, 2.24) is 19.5 Å². The van der Waals surface area contributed by atoms with E-state index < -0.39 is 14.9 Å². The van der Waals surface area contributed by atoms with Gasteiger partial charge in [-0.2, -0.15) is 5.10 Å². The maximum atomic E-state index is 12.5. The molecule has 30 heavy (non-hydrogen) atoms. The predicted molar refractivity (Wildman–Crippen MR) is 110 cm³/mol. The Bertz CT molecular complexity index is 1160. The van der Waals surface area contributed by atoms with Crippen LogP contribution in [0.4, 0.5) is 5.69 Å². The minimum absolute atomic E-state index is 0.00642. The molecular formula is C20H21N5O4S. The summed E-state index contributed by atoms with van der Waals surface area (Å²) in [5, 5.41) is 15.5. The number of fused-ring (bicyclic) bond motifs is 1. The Kier molecular flexibility index (Phi) is 5.60. The van der Waals surface area contributed by atoms with Crippen molar-refractivity contribution in [3.63, 3.8) is 0 Å². The van der Waals surface area contributed by atoms with Crippen LogP contribution in [0.25, 0.3) is 11.3 Å². The van der Waals surface area contributed by atoms with Crippen LogP contribution >= 0.6 is 0 Å². The van der Waals surface area contributed by atoms with Crippen LogP contribution in [-0.2, 0) is 29.4 Å². The SMILES string of the molecule is O=[N+]([O-])c1ccc(S(=O)(=O)NCCn2nc(-c3ccncc3)c3c2CCCC3)cc1. The number of sulfonamides is 1. The lowest BCUT2D eigenvalue weighted by Crippen LogP contribution is -2.28. The van der Waals surface area contributed by atoms with Crippen molar-refractivity contribution in [2.75, 3.05) is 6.54 Å². The number of nitrogens with one attached hydrogen (secondary N) is 1. The van der Waals surface area contributed by atoms with E-state index in [0.29, 0.717) is 6.54 Å². The van der Waals surface area contributed by atoms with E-state index in [4.69, 9.17) is 5.10 Å². The molecule has 0 fully saturated rings. The second kappa shape index (κ2) is 8.33. The normalized spacial score (nSPS) is 13.7. The summed E-state index contributed by atoms with van der Waals surface area (Å²) in [6.07, 6.45) is 7.56. The van der Waals surface area contributed by atoms with E-state index in [-0.39, 0.29) is 17.1 Å². The molecule has 2 aromatic heterocycles. The van der Waals surface area contributed by atoms with Crippen molar-refractivity contribution in [2.24, 2.45) is 0 Å². The average molecular weight is 427 g/mol. The van der Waals surface area contributed by atoms with Gasteiger partial charge in [-0.15, -0.1) is 0 Å². The zero-order chi connectivity index (χ0) is 21.1. The summed E-state index contributed by atoms with van der Waals surface area (Å²) >= 11 is 0. The molecule has 0 saturated carbocycles. The molecule has 0 unspecified atom stereocenters. The van der Waals surface area contributed by atoms with Crippen molar-refractivity contribution in [2.45, 2.75) is 37.1 Å². The number of aromatic nitrogens is 3. The Balaban J connectivity index is 1.50. The Morgan fingerprint density at radius 3 is 2.47 bits per heavy atom. The summed E-state index contributed by atoms with van der Waals surface area (Å²) < 4.78 is 29.5. The predicted octanol–water partition coefficient (Wildman–Crippen LogP) is 2.71. The highest BCUT2D eigenvalue weighted by atomic mass is 32.2. The van der Waals surface area contributed by atoms with Crippen molar-refractivity contribution < 1.29 is 13.3 Å². The average Bonchev–Trinajstić information content (AvgIpc) is 3.13. The number of rotatable bonds is 7. The molecule has 0 aliphatic heterocycles. The number of pyridine rings is 1. The number of nitrogens with zero attached hydrogens (tertiary/aromatic N) is 4. The topological polar surface area (TPSA) is 120 Å². The Morgan fingerprint density at radius 2 is 1.77 bits per heavy atom. The Labute approximate surface area is 174 Å². The zero-order valence-electron chi connectivity index (χ0n) is 16.2. The summed E-state index contributed by atoms with van der Waals surface area (Å²) in [6.45, 7) is 0.572. The van der Waals surface area contributed by atoms with Crippen LogP contribution < -0.4 is 4.72 Å². The van der Waals surface area contributed by atoms with Gasteiger partial charge in [0.15, 0.2) is 0 Å². The molecule has 1 aromatic carbocycles. The maximum Gasteiger partial charge on any atom is 0.269 e. The van der Waals surface area contributed by atoms with Crippen LogP contribution in [0.15, 0.2) is 53.7 Å². The molecule has 3 aromatic rings. The Hall–Kier alpha value is -3.11. The lowest BCUT2D eigenvalue weighted by atomic mass is 9.94. The molecule has 10 heteroatoms. The number of nitro benzene ring substituents is 1. The third kappa shape index (κ3) is 4.10. The molecule has 1 aliphatic rings. The fraction of sp³-hybridized carbons (Fsp3) is 0.300. The zero-order valence-corrected chi connectivity index (χ0v) is 17.0. The largest absolute Gasteiger partial charge is 0.269 e. The number of benzene rings is 1. The number of nitro groups is 1. The fourth-order valence-corrected chi connectivity index (χ4v) is 4.73. The van der Waals surface area contributed by atoms with Crippen molar-refractivity contribution in [3.05, 3.63) is 70.2 Å². The molecule has 0 amide bonds. The number of non-ortho nitro benzene ring substituents is 1. The first kappa shape index (κ1) is 20.2. The fourth-order valence-electron chi connectivity index (χ4n) is 3.71. The van der Waals surface area contributed by atoms with Gasteiger partial charge in [0.1, 0.15) is 0 Å². The molecule has 0 bridgehead atoms. The highest BCUT2D eigenvalue weighted by molar-refractivity contribution is 7.89. The standard InChI is InChI=1S/C20H21N5O4S/c26-25(27)16-5-7-17(8-6-16)30(28,29)22-13-14-24-19-4-2-1-3-18(19)20(23-24)15-9-11-21-12-10-15/h5-12,22H,1-4,13-14H2. The van der Waals surface area contributed by atoms with Crippen LogP contribution in [0.2, 0.25) is 0 Å². The smallest absolute Gasteiger partial charge is 0.267 e. The molecule has 0 spiro atoms. The number of hydrogen-bond acceptors (Lipinski definition) is 6. The van der Waals surface area contributed by atoms with Crippen molar-refractivity contribution >= 4 is 15.7 Å². The van der Waals surface area contributed by atoms with Gasteiger partial charge < -0.3 is 0 Å². The molecule has 0 atom stereocenters. The summed E-state index contributed by atoms with van der Waals surface area (Å²) in [6, 6.07) is 8.69. The number of hydrogen-bond donors (Lipinski definition) is 1. The van der Waals surface area contributed by atoms with Gasteiger partial charge in [-0.25, -0.2) is 13.1 Å². The lowest BCUT2D eigenvalue weighted by Gasteiger charge is -2.14. The summed E-state index contributed by atoms with van der Waals surface area (Å²) in [4.78, 5) is 14.2. The maximum absolute atomic E-state index is 12.5. The lowest BCUT2D eigenvalue weighted by molar-refractivity contribution is -0.384. The van der Waals surface area contributed by atoms with Gasteiger partial charge >= 0.3 is 0 Å². The molecule has 0 radical (unpaired) electrons. The first-order chi connectivity index (χ1) is 14.5. The van der Waals surface area contributed by atoms with E-state index in [1.807, 2.05) is 16.8 Å². The third-order valence-electron chi connectivity index (χ3n) is 5.18. The van der Waals surface area contributed by atoms with Gasteiger partial charge in [-0.3, -0.25) is 19.8 Å². The first-order valence-electron chi connectivity index (χ1n) is 9.69.